The zero-order chi connectivity index (χ0) is 14.4. The van der Waals surface area contributed by atoms with Crippen LogP contribution in [0.1, 0.15) is 37.4 Å². The number of anilines is 1. The first-order chi connectivity index (χ1) is 9.70. The molecular formula is C18H25ClN2. The Morgan fingerprint density at radius 1 is 1.00 bits per heavy atom. The first-order valence-electron chi connectivity index (χ1n) is 7.34. The highest BCUT2D eigenvalue weighted by atomic mass is 35.5. The predicted octanol–water partition coefficient (Wildman–Crippen LogP) is 4.77. The summed E-state index contributed by atoms with van der Waals surface area (Å²) in [6, 6.07) is 19.0. The van der Waals surface area contributed by atoms with Crippen LogP contribution in [0.25, 0.3) is 0 Å². The average Bonchev–Trinajstić information content (AvgIpc) is 2.53. The molecule has 0 bridgehead atoms. The number of hydrogen-bond donors (Lipinski definition) is 2. The molecule has 0 amide bonds. The van der Waals surface area contributed by atoms with Gasteiger partial charge >= 0.3 is 0 Å². The minimum atomic E-state index is 0. The third kappa shape index (κ3) is 5.07. The van der Waals surface area contributed by atoms with Crippen LogP contribution in [0.5, 0.6) is 0 Å². The summed E-state index contributed by atoms with van der Waals surface area (Å²) in [5.74, 6) is 0.512. The van der Waals surface area contributed by atoms with Crippen molar-refractivity contribution in [2.45, 2.75) is 32.9 Å². The van der Waals surface area contributed by atoms with Gasteiger partial charge in [0.1, 0.15) is 0 Å². The van der Waals surface area contributed by atoms with E-state index < -0.39 is 0 Å². The van der Waals surface area contributed by atoms with Crippen LogP contribution in [0.3, 0.4) is 0 Å². The van der Waals surface area contributed by atoms with Gasteiger partial charge in [-0.05, 0) is 29.2 Å². The summed E-state index contributed by atoms with van der Waals surface area (Å²) in [6.45, 7) is 5.23. The highest BCUT2D eigenvalue weighted by Crippen LogP contribution is 2.23. The van der Waals surface area contributed by atoms with Crippen LogP contribution in [0.4, 0.5) is 5.69 Å². The molecule has 0 aromatic heterocycles. The van der Waals surface area contributed by atoms with Gasteiger partial charge in [-0.15, -0.1) is 12.4 Å². The molecule has 2 aromatic rings. The van der Waals surface area contributed by atoms with E-state index in [0.29, 0.717) is 5.92 Å². The molecule has 0 aliphatic carbocycles. The fourth-order valence-corrected chi connectivity index (χ4v) is 2.21. The molecule has 0 saturated carbocycles. The Hall–Kier alpha value is -1.51. The van der Waals surface area contributed by atoms with E-state index in [9.17, 15) is 0 Å². The molecule has 0 radical (unpaired) electrons. The van der Waals surface area contributed by atoms with Crippen molar-refractivity contribution in [3.8, 4) is 0 Å². The minimum absolute atomic E-state index is 0. The molecule has 3 heteroatoms. The average molecular weight is 305 g/mol. The van der Waals surface area contributed by atoms with E-state index in [1.807, 2.05) is 6.07 Å². The third-order valence-corrected chi connectivity index (χ3v) is 3.89. The monoisotopic (exact) mass is 304 g/mol. The second-order valence-electron chi connectivity index (χ2n) is 5.37. The van der Waals surface area contributed by atoms with Crippen LogP contribution in [0.2, 0.25) is 0 Å². The van der Waals surface area contributed by atoms with Gasteiger partial charge in [0.2, 0.25) is 0 Å². The van der Waals surface area contributed by atoms with Gasteiger partial charge in [-0.2, -0.15) is 0 Å². The first kappa shape index (κ1) is 17.5. The lowest BCUT2D eigenvalue weighted by atomic mass is 9.93. The van der Waals surface area contributed by atoms with Crippen LogP contribution < -0.4 is 11.1 Å². The molecule has 0 heterocycles. The van der Waals surface area contributed by atoms with Crippen molar-refractivity contribution in [1.82, 2.24) is 0 Å². The Kier molecular flexibility index (Phi) is 7.27. The van der Waals surface area contributed by atoms with E-state index in [2.05, 4.69) is 67.7 Å². The Labute approximate surface area is 134 Å². The molecule has 2 rings (SSSR count). The quantitative estimate of drug-likeness (QED) is 0.807. The van der Waals surface area contributed by atoms with Gasteiger partial charge in [0.25, 0.3) is 0 Å². The number of nitrogens with two attached hydrogens (primary N) is 1. The van der Waals surface area contributed by atoms with Gasteiger partial charge in [0, 0.05) is 18.3 Å². The van der Waals surface area contributed by atoms with Crippen LogP contribution in [-0.4, -0.2) is 0 Å². The maximum atomic E-state index is 6.24. The summed E-state index contributed by atoms with van der Waals surface area (Å²) >= 11 is 0. The van der Waals surface area contributed by atoms with E-state index in [0.717, 1.165) is 18.7 Å². The van der Waals surface area contributed by atoms with E-state index in [1.165, 1.54) is 11.1 Å². The number of rotatable bonds is 6. The topological polar surface area (TPSA) is 38.0 Å². The molecule has 2 atom stereocenters. The molecule has 0 aliphatic rings. The van der Waals surface area contributed by atoms with Crippen molar-refractivity contribution in [3.63, 3.8) is 0 Å². The van der Waals surface area contributed by atoms with Crippen LogP contribution >= 0.6 is 12.4 Å². The third-order valence-electron chi connectivity index (χ3n) is 3.89. The van der Waals surface area contributed by atoms with Crippen molar-refractivity contribution >= 4 is 18.1 Å². The molecule has 0 saturated heterocycles. The van der Waals surface area contributed by atoms with E-state index in [-0.39, 0.29) is 18.4 Å². The lowest BCUT2D eigenvalue weighted by Gasteiger charge is -2.19. The summed E-state index contributed by atoms with van der Waals surface area (Å²) in [5, 5.41) is 3.43. The second kappa shape index (κ2) is 8.71. The van der Waals surface area contributed by atoms with Gasteiger partial charge in [-0.25, -0.2) is 0 Å². The normalized spacial score (nSPS) is 13.1. The van der Waals surface area contributed by atoms with Crippen molar-refractivity contribution in [3.05, 3.63) is 65.7 Å². The molecule has 0 fully saturated rings. The molecule has 21 heavy (non-hydrogen) atoms. The molecular weight excluding hydrogens is 280 g/mol. The van der Waals surface area contributed by atoms with Gasteiger partial charge in [-0.1, -0.05) is 62.7 Å². The number of benzene rings is 2. The molecule has 2 aromatic carbocycles. The first-order valence-corrected chi connectivity index (χ1v) is 7.34. The van der Waals surface area contributed by atoms with Crippen LogP contribution in [0.15, 0.2) is 54.6 Å². The Morgan fingerprint density at radius 3 is 2.19 bits per heavy atom. The second-order valence-corrected chi connectivity index (χ2v) is 5.37. The molecule has 1 unspecified atom stereocenters. The standard InChI is InChI=1S/C18H24N2.ClH/c1-3-14(2)18(19)16-9-11-17(12-10-16)20-13-15-7-5-4-6-8-15;/h4-12,14,18,20H,3,13,19H2,1-2H3;1H/t14?,18-;/m0./s1. The smallest absolute Gasteiger partial charge is 0.0400 e. The van der Waals surface area contributed by atoms with Crippen LogP contribution in [0, 0.1) is 5.92 Å². The van der Waals surface area contributed by atoms with Crippen molar-refractivity contribution in [2.75, 3.05) is 5.32 Å². The van der Waals surface area contributed by atoms with Crippen molar-refractivity contribution in [1.29, 1.82) is 0 Å². The molecule has 3 N–H and O–H groups in total. The van der Waals surface area contributed by atoms with Gasteiger partial charge in [0.05, 0.1) is 0 Å². The Balaban J connectivity index is 0.00000220. The molecule has 114 valence electrons. The SMILES string of the molecule is CCC(C)[C@H](N)c1ccc(NCc2ccccc2)cc1.Cl. The summed E-state index contributed by atoms with van der Waals surface area (Å²) in [5.41, 5.74) is 9.87. The van der Waals surface area contributed by atoms with E-state index in [1.54, 1.807) is 0 Å². The van der Waals surface area contributed by atoms with Gasteiger partial charge in [0.15, 0.2) is 0 Å². The zero-order valence-electron chi connectivity index (χ0n) is 12.8. The summed E-state index contributed by atoms with van der Waals surface area (Å²) in [4.78, 5) is 0. The summed E-state index contributed by atoms with van der Waals surface area (Å²) in [6.07, 6.45) is 1.11. The largest absolute Gasteiger partial charge is 0.381 e. The fraction of sp³-hybridized carbons (Fsp3) is 0.333. The lowest BCUT2D eigenvalue weighted by molar-refractivity contribution is 0.457. The molecule has 0 aliphatic heterocycles. The lowest BCUT2D eigenvalue weighted by Crippen LogP contribution is -2.18. The van der Waals surface area contributed by atoms with Crippen molar-refractivity contribution in [2.24, 2.45) is 11.7 Å². The fourth-order valence-electron chi connectivity index (χ4n) is 2.21. The van der Waals surface area contributed by atoms with Crippen molar-refractivity contribution < 1.29 is 0 Å². The maximum Gasteiger partial charge on any atom is 0.0400 e. The van der Waals surface area contributed by atoms with E-state index >= 15 is 0 Å². The van der Waals surface area contributed by atoms with Gasteiger partial charge < -0.3 is 11.1 Å². The molecule has 0 spiro atoms. The summed E-state index contributed by atoms with van der Waals surface area (Å²) in [7, 11) is 0. The zero-order valence-corrected chi connectivity index (χ0v) is 13.6. The summed E-state index contributed by atoms with van der Waals surface area (Å²) < 4.78 is 0. The minimum Gasteiger partial charge on any atom is -0.381 e. The highest BCUT2D eigenvalue weighted by Gasteiger charge is 2.12. The maximum absolute atomic E-state index is 6.24. The van der Waals surface area contributed by atoms with E-state index in [4.69, 9.17) is 5.73 Å². The predicted molar refractivity (Wildman–Crippen MR) is 93.8 cm³/mol. The van der Waals surface area contributed by atoms with Crippen LogP contribution in [-0.2, 0) is 6.54 Å². The molecule has 2 nitrogen and oxygen atoms in total. The Morgan fingerprint density at radius 2 is 1.62 bits per heavy atom. The van der Waals surface area contributed by atoms with Gasteiger partial charge in [-0.3, -0.25) is 0 Å². The number of nitrogens with one attached hydrogen (secondary N) is 1. The number of halogens is 1. The Bertz CT molecular complexity index is 511. The number of hydrogen-bond acceptors (Lipinski definition) is 2. The highest BCUT2D eigenvalue weighted by molar-refractivity contribution is 5.85.